The second-order valence-corrected chi connectivity index (χ2v) is 6.69. The number of amides is 2. The largest absolute Gasteiger partial charge is 0.444 e. The van der Waals surface area contributed by atoms with Crippen molar-refractivity contribution in [2.24, 2.45) is 5.73 Å². The van der Waals surface area contributed by atoms with Gasteiger partial charge in [-0.2, -0.15) is 5.10 Å². The number of nitrogens with zero attached hydrogens (tertiary/aromatic N) is 2. The van der Waals surface area contributed by atoms with Crippen molar-refractivity contribution in [2.75, 3.05) is 6.54 Å². The summed E-state index contributed by atoms with van der Waals surface area (Å²) in [6, 6.07) is 5.31. The van der Waals surface area contributed by atoms with E-state index in [0.717, 1.165) is 16.6 Å². The molecular formula is C17H24N4O3. The van der Waals surface area contributed by atoms with Crippen LogP contribution >= 0.6 is 0 Å². The van der Waals surface area contributed by atoms with Gasteiger partial charge < -0.3 is 15.8 Å². The second-order valence-electron chi connectivity index (χ2n) is 6.69. The molecule has 7 nitrogen and oxygen atoms in total. The monoisotopic (exact) mass is 332 g/mol. The number of ether oxygens (including phenoxy) is 1. The van der Waals surface area contributed by atoms with Crippen molar-refractivity contribution < 1.29 is 14.3 Å². The van der Waals surface area contributed by atoms with Crippen LogP contribution in [0.3, 0.4) is 0 Å². The van der Waals surface area contributed by atoms with Gasteiger partial charge >= 0.3 is 6.09 Å². The van der Waals surface area contributed by atoms with Gasteiger partial charge in [-0.25, -0.2) is 4.79 Å². The number of rotatable bonds is 5. The number of aryl methyl sites for hydroxylation is 2. The van der Waals surface area contributed by atoms with Crippen LogP contribution in [0.1, 0.15) is 43.2 Å². The third-order valence-electron chi connectivity index (χ3n) is 3.44. The van der Waals surface area contributed by atoms with Crippen molar-refractivity contribution in [3.8, 4) is 0 Å². The van der Waals surface area contributed by atoms with Crippen LogP contribution in [-0.2, 0) is 11.3 Å². The molecule has 3 N–H and O–H groups in total. The molecule has 0 spiro atoms. The van der Waals surface area contributed by atoms with Gasteiger partial charge in [0.25, 0.3) is 0 Å². The predicted molar refractivity (Wildman–Crippen MR) is 91.8 cm³/mol. The first-order valence-electron chi connectivity index (χ1n) is 7.91. The third kappa shape index (κ3) is 4.47. The quantitative estimate of drug-likeness (QED) is 0.821. The first-order valence-corrected chi connectivity index (χ1v) is 7.91. The van der Waals surface area contributed by atoms with Gasteiger partial charge in [-0.05, 0) is 46.2 Å². The van der Waals surface area contributed by atoms with E-state index in [0.29, 0.717) is 25.1 Å². The molecule has 0 radical (unpaired) electrons. The van der Waals surface area contributed by atoms with Gasteiger partial charge in [0.2, 0.25) is 5.91 Å². The van der Waals surface area contributed by atoms with Crippen molar-refractivity contribution in [3.63, 3.8) is 0 Å². The summed E-state index contributed by atoms with van der Waals surface area (Å²) >= 11 is 0. The van der Waals surface area contributed by atoms with Crippen molar-refractivity contribution in [3.05, 3.63) is 29.5 Å². The normalized spacial score (nSPS) is 11.5. The average Bonchev–Trinajstić information content (AvgIpc) is 2.78. The number of benzene rings is 1. The lowest BCUT2D eigenvalue weighted by atomic mass is 10.1. The van der Waals surface area contributed by atoms with E-state index in [2.05, 4.69) is 10.4 Å². The van der Waals surface area contributed by atoms with Gasteiger partial charge in [0.1, 0.15) is 5.60 Å². The maximum Gasteiger partial charge on any atom is 0.407 e. The summed E-state index contributed by atoms with van der Waals surface area (Å²) in [5.74, 6) is -0.464. The Labute approximate surface area is 141 Å². The van der Waals surface area contributed by atoms with E-state index in [9.17, 15) is 9.59 Å². The Balaban J connectivity index is 1.99. The molecule has 0 unspecified atom stereocenters. The minimum absolute atomic E-state index is 0.431. The van der Waals surface area contributed by atoms with Gasteiger partial charge in [0, 0.05) is 24.0 Å². The molecule has 0 aliphatic carbocycles. The van der Waals surface area contributed by atoms with Crippen LogP contribution in [0.4, 0.5) is 4.79 Å². The number of nitrogens with two attached hydrogens (primary N) is 1. The Bertz CT molecular complexity index is 759. The van der Waals surface area contributed by atoms with Crippen LogP contribution in [0.25, 0.3) is 10.9 Å². The third-order valence-corrected chi connectivity index (χ3v) is 3.44. The van der Waals surface area contributed by atoms with E-state index in [-0.39, 0.29) is 0 Å². The van der Waals surface area contributed by atoms with Crippen LogP contribution in [0.15, 0.2) is 18.2 Å². The molecule has 130 valence electrons. The van der Waals surface area contributed by atoms with Crippen LogP contribution < -0.4 is 11.1 Å². The number of hydrogen-bond donors (Lipinski definition) is 2. The summed E-state index contributed by atoms with van der Waals surface area (Å²) in [5.41, 5.74) is 7.03. The Morgan fingerprint density at radius 3 is 2.67 bits per heavy atom. The molecule has 0 aliphatic rings. The zero-order valence-corrected chi connectivity index (χ0v) is 14.5. The van der Waals surface area contributed by atoms with E-state index in [1.165, 1.54) is 0 Å². The molecule has 1 aromatic carbocycles. The zero-order valence-electron chi connectivity index (χ0n) is 14.5. The molecule has 7 heteroatoms. The summed E-state index contributed by atoms with van der Waals surface area (Å²) in [5, 5.41) is 8.19. The number of primary amides is 1. The molecule has 0 fully saturated rings. The number of carbonyl (C=O) groups excluding carboxylic acids is 2. The van der Waals surface area contributed by atoms with Gasteiger partial charge in [-0.3, -0.25) is 9.48 Å². The molecule has 1 heterocycles. The van der Waals surface area contributed by atoms with E-state index in [1.54, 1.807) is 12.1 Å². The number of carbonyl (C=O) groups is 2. The van der Waals surface area contributed by atoms with Gasteiger partial charge in [0.05, 0.1) is 11.2 Å². The number of aromatic nitrogens is 2. The molecule has 0 atom stereocenters. The van der Waals surface area contributed by atoms with E-state index in [4.69, 9.17) is 10.5 Å². The van der Waals surface area contributed by atoms with E-state index < -0.39 is 17.6 Å². The maximum absolute atomic E-state index is 11.6. The van der Waals surface area contributed by atoms with Crippen LogP contribution in [0.2, 0.25) is 0 Å². The fraction of sp³-hybridized carbons (Fsp3) is 0.471. The molecule has 0 saturated carbocycles. The highest BCUT2D eigenvalue weighted by molar-refractivity contribution is 5.97. The molecule has 1 aromatic heterocycles. The van der Waals surface area contributed by atoms with Gasteiger partial charge in [-0.15, -0.1) is 0 Å². The molecule has 0 aliphatic heterocycles. The summed E-state index contributed by atoms with van der Waals surface area (Å²) in [6.45, 7) is 8.47. The van der Waals surface area contributed by atoms with Crippen molar-refractivity contribution in [1.29, 1.82) is 0 Å². The summed E-state index contributed by atoms with van der Waals surface area (Å²) in [4.78, 5) is 22.9. The minimum atomic E-state index is -0.509. The topological polar surface area (TPSA) is 99.2 Å². The summed E-state index contributed by atoms with van der Waals surface area (Å²) in [7, 11) is 0. The first kappa shape index (κ1) is 17.8. The van der Waals surface area contributed by atoms with Crippen LogP contribution in [-0.4, -0.2) is 33.9 Å². The number of fused-ring (bicyclic) bond motifs is 1. The first-order chi connectivity index (χ1) is 11.2. The second kappa shape index (κ2) is 6.90. The SMILES string of the molecule is Cc1nn(CCCNC(=O)OC(C)(C)C)c2cc(C(N)=O)ccc12. The summed E-state index contributed by atoms with van der Waals surface area (Å²) in [6.07, 6.45) is 0.260. The Kier molecular flexibility index (Phi) is 5.11. The minimum Gasteiger partial charge on any atom is -0.444 e. The van der Waals surface area contributed by atoms with Gasteiger partial charge in [0.15, 0.2) is 0 Å². The Hall–Kier alpha value is -2.57. The van der Waals surface area contributed by atoms with Crippen molar-refractivity contribution in [1.82, 2.24) is 15.1 Å². The lowest BCUT2D eigenvalue weighted by Gasteiger charge is -2.19. The predicted octanol–water partition coefficient (Wildman–Crippen LogP) is 2.36. The highest BCUT2D eigenvalue weighted by Crippen LogP contribution is 2.20. The molecule has 0 bridgehead atoms. The molecule has 0 saturated heterocycles. The fourth-order valence-electron chi connectivity index (χ4n) is 2.40. The van der Waals surface area contributed by atoms with Crippen LogP contribution in [0.5, 0.6) is 0 Å². The standard InChI is InChI=1S/C17H24N4O3/c1-11-13-7-6-12(15(18)22)10-14(13)21(20-11)9-5-8-19-16(23)24-17(2,3)4/h6-7,10H,5,8-9H2,1-4H3,(H2,18,22)(H,19,23). The fourth-order valence-corrected chi connectivity index (χ4v) is 2.40. The zero-order chi connectivity index (χ0) is 17.9. The van der Waals surface area contributed by atoms with Crippen molar-refractivity contribution in [2.45, 2.75) is 46.3 Å². The number of hydrogen-bond acceptors (Lipinski definition) is 4. The number of nitrogens with one attached hydrogen (secondary N) is 1. The van der Waals surface area contributed by atoms with Crippen molar-refractivity contribution >= 4 is 22.9 Å². The van der Waals surface area contributed by atoms with Crippen LogP contribution in [0, 0.1) is 6.92 Å². The Morgan fingerprint density at radius 2 is 2.04 bits per heavy atom. The molecule has 2 rings (SSSR count). The molecule has 2 aromatic rings. The van der Waals surface area contributed by atoms with E-state index in [1.807, 2.05) is 38.4 Å². The summed E-state index contributed by atoms with van der Waals surface area (Å²) < 4.78 is 7.01. The lowest BCUT2D eigenvalue weighted by molar-refractivity contribution is 0.0526. The maximum atomic E-state index is 11.6. The molecular weight excluding hydrogens is 308 g/mol. The van der Waals surface area contributed by atoms with Gasteiger partial charge in [-0.1, -0.05) is 6.07 Å². The highest BCUT2D eigenvalue weighted by Gasteiger charge is 2.15. The Morgan fingerprint density at radius 1 is 1.33 bits per heavy atom. The molecule has 2 amide bonds. The lowest BCUT2D eigenvalue weighted by Crippen LogP contribution is -2.33. The average molecular weight is 332 g/mol. The molecule has 24 heavy (non-hydrogen) atoms. The van der Waals surface area contributed by atoms with E-state index >= 15 is 0 Å². The highest BCUT2D eigenvalue weighted by atomic mass is 16.6. The smallest absolute Gasteiger partial charge is 0.407 e. The number of alkyl carbamates (subject to hydrolysis) is 1.